The Morgan fingerprint density at radius 1 is 1.20 bits per heavy atom. The van der Waals surface area contributed by atoms with Crippen molar-refractivity contribution >= 4 is 5.97 Å². The molecule has 1 saturated heterocycles. The number of halogens is 3. The molecule has 4 nitrogen and oxygen atoms in total. The summed E-state index contributed by atoms with van der Waals surface area (Å²) in [5, 5.41) is 9.54. The van der Waals surface area contributed by atoms with Gasteiger partial charge in [-0.2, -0.15) is 13.2 Å². The first-order valence-electron chi connectivity index (χ1n) is 8.07. The van der Waals surface area contributed by atoms with Gasteiger partial charge in [-0.25, -0.2) is 0 Å². The van der Waals surface area contributed by atoms with Gasteiger partial charge in [0, 0.05) is 6.54 Å². The summed E-state index contributed by atoms with van der Waals surface area (Å²) in [7, 11) is 0. The second kappa shape index (κ2) is 6.92. The summed E-state index contributed by atoms with van der Waals surface area (Å²) in [4.78, 5) is 13.3. The zero-order valence-corrected chi connectivity index (χ0v) is 13.4. The van der Waals surface area contributed by atoms with Crippen LogP contribution in [0.4, 0.5) is 13.2 Å². The van der Waals surface area contributed by atoms with Gasteiger partial charge in [-0.3, -0.25) is 9.69 Å². The van der Waals surface area contributed by atoms with Gasteiger partial charge in [-0.05, 0) is 36.6 Å². The molecule has 0 spiro atoms. The molecule has 2 atom stereocenters. The van der Waals surface area contributed by atoms with Gasteiger partial charge in [0.1, 0.15) is 11.8 Å². The minimum absolute atomic E-state index is 0.0121. The molecule has 134 valence electrons. The van der Waals surface area contributed by atoms with E-state index in [2.05, 4.69) is 0 Å². The first-order valence-corrected chi connectivity index (χ1v) is 8.07. The van der Waals surface area contributed by atoms with E-state index in [1.807, 2.05) is 0 Å². The van der Waals surface area contributed by atoms with Crippen molar-refractivity contribution in [1.82, 2.24) is 4.90 Å². The maximum absolute atomic E-state index is 13.5. The Morgan fingerprint density at radius 2 is 1.96 bits per heavy atom. The molecule has 25 heavy (non-hydrogen) atoms. The first kappa shape index (κ1) is 17.5. The van der Waals surface area contributed by atoms with Crippen LogP contribution in [0.1, 0.15) is 42.2 Å². The molecule has 7 heteroatoms. The van der Waals surface area contributed by atoms with E-state index in [-0.39, 0.29) is 5.56 Å². The lowest BCUT2D eigenvalue weighted by molar-refractivity contribution is -0.146. The van der Waals surface area contributed by atoms with E-state index in [1.165, 1.54) is 24.5 Å². The molecule has 1 aromatic carbocycles. The number of likely N-dealkylation sites (tertiary alicyclic amines) is 1. The number of carbonyl (C=O) groups is 1. The van der Waals surface area contributed by atoms with Crippen LogP contribution >= 0.6 is 0 Å². The van der Waals surface area contributed by atoms with Crippen LogP contribution in [0.2, 0.25) is 0 Å². The molecule has 2 aromatic rings. The Balaban J connectivity index is 2.13. The highest BCUT2D eigenvalue weighted by molar-refractivity contribution is 5.73. The highest BCUT2D eigenvalue weighted by atomic mass is 19.4. The van der Waals surface area contributed by atoms with Crippen LogP contribution in [0.15, 0.2) is 47.1 Å². The Hall–Kier alpha value is -2.28. The van der Waals surface area contributed by atoms with Crippen molar-refractivity contribution in [1.29, 1.82) is 0 Å². The van der Waals surface area contributed by atoms with Gasteiger partial charge in [0.15, 0.2) is 0 Å². The van der Waals surface area contributed by atoms with E-state index in [0.29, 0.717) is 18.7 Å². The zero-order chi connectivity index (χ0) is 18.0. The SMILES string of the molecule is O=C(O)C1CCCCN1C(c1ccco1)c1ccccc1C(F)(F)F. The summed E-state index contributed by atoms with van der Waals surface area (Å²) in [5.74, 6) is -0.717. The van der Waals surface area contributed by atoms with Crippen molar-refractivity contribution in [2.75, 3.05) is 6.54 Å². The third-order valence-corrected chi connectivity index (χ3v) is 4.53. The molecule has 2 heterocycles. The van der Waals surface area contributed by atoms with Gasteiger partial charge < -0.3 is 9.52 Å². The molecule has 3 rings (SSSR count). The normalized spacial score (nSPS) is 20.4. The number of aliphatic carboxylic acids is 1. The molecule has 1 aliphatic rings. The number of nitrogens with zero attached hydrogens (tertiary/aromatic N) is 1. The van der Waals surface area contributed by atoms with Gasteiger partial charge in [0.25, 0.3) is 0 Å². The van der Waals surface area contributed by atoms with Crippen LogP contribution in [0.3, 0.4) is 0 Å². The van der Waals surface area contributed by atoms with E-state index < -0.39 is 29.8 Å². The van der Waals surface area contributed by atoms with Crippen molar-refractivity contribution in [2.24, 2.45) is 0 Å². The quantitative estimate of drug-likeness (QED) is 0.889. The molecular formula is C18H18F3NO3. The van der Waals surface area contributed by atoms with Crippen molar-refractivity contribution < 1.29 is 27.5 Å². The van der Waals surface area contributed by atoms with E-state index in [4.69, 9.17) is 4.42 Å². The molecule has 1 fully saturated rings. The Kier molecular flexibility index (Phi) is 4.85. The van der Waals surface area contributed by atoms with Gasteiger partial charge >= 0.3 is 12.1 Å². The van der Waals surface area contributed by atoms with Gasteiger partial charge in [0.2, 0.25) is 0 Å². The molecule has 0 bridgehead atoms. The summed E-state index contributed by atoms with van der Waals surface area (Å²) in [6, 6.07) is 6.72. The van der Waals surface area contributed by atoms with Crippen LogP contribution in [-0.2, 0) is 11.0 Å². The smallest absolute Gasteiger partial charge is 0.416 e. The maximum Gasteiger partial charge on any atom is 0.416 e. The van der Waals surface area contributed by atoms with Crippen LogP contribution < -0.4 is 0 Å². The van der Waals surface area contributed by atoms with Gasteiger partial charge in [-0.1, -0.05) is 24.6 Å². The average Bonchev–Trinajstić information content (AvgIpc) is 3.09. The van der Waals surface area contributed by atoms with Gasteiger partial charge in [0.05, 0.1) is 17.9 Å². The zero-order valence-electron chi connectivity index (χ0n) is 13.4. The number of furan rings is 1. The van der Waals surface area contributed by atoms with Crippen LogP contribution in [0, 0.1) is 0 Å². The number of hydrogen-bond donors (Lipinski definition) is 1. The predicted octanol–water partition coefficient (Wildman–Crippen LogP) is 4.33. The Morgan fingerprint density at radius 3 is 2.60 bits per heavy atom. The second-order valence-electron chi connectivity index (χ2n) is 6.09. The molecule has 1 aliphatic heterocycles. The third-order valence-electron chi connectivity index (χ3n) is 4.53. The van der Waals surface area contributed by atoms with Crippen molar-refractivity contribution in [2.45, 2.75) is 37.5 Å². The predicted molar refractivity (Wildman–Crippen MR) is 84.0 cm³/mol. The topological polar surface area (TPSA) is 53.7 Å². The molecule has 0 radical (unpaired) electrons. The highest BCUT2D eigenvalue weighted by Gasteiger charge is 2.41. The monoisotopic (exact) mass is 353 g/mol. The lowest BCUT2D eigenvalue weighted by Crippen LogP contribution is -2.47. The number of carboxylic acid groups (broad SMARTS) is 1. The molecule has 2 unspecified atom stereocenters. The molecular weight excluding hydrogens is 335 g/mol. The largest absolute Gasteiger partial charge is 0.480 e. The van der Waals surface area contributed by atoms with Crippen molar-refractivity contribution in [3.05, 3.63) is 59.5 Å². The number of benzene rings is 1. The van der Waals surface area contributed by atoms with E-state index >= 15 is 0 Å². The Labute approximate surface area is 142 Å². The molecule has 1 aromatic heterocycles. The molecule has 1 N–H and O–H groups in total. The first-order chi connectivity index (χ1) is 11.9. The minimum atomic E-state index is -4.53. The molecule has 0 aliphatic carbocycles. The third kappa shape index (κ3) is 3.56. The van der Waals surface area contributed by atoms with Crippen LogP contribution in [0.5, 0.6) is 0 Å². The number of rotatable bonds is 4. The fourth-order valence-corrected chi connectivity index (χ4v) is 3.46. The van der Waals surface area contributed by atoms with E-state index in [9.17, 15) is 23.1 Å². The molecule has 0 saturated carbocycles. The number of alkyl halides is 3. The summed E-state index contributed by atoms with van der Waals surface area (Å²) in [6.07, 6.45) is -1.27. The lowest BCUT2D eigenvalue weighted by Gasteiger charge is -2.39. The van der Waals surface area contributed by atoms with E-state index in [1.54, 1.807) is 17.0 Å². The highest BCUT2D eigenvalue weighted by Crippen LogP contribution is 2.41. The maximum atomic E-state index is 13.5. The molecule has 0 amide bonds. The van der Waals surface area contributed by atoms with Crippen molar-refractivity contribution in [3.63, 3.8) is 0 Å². The van der Waals surface area contributed by atoms with E-state index in [0.717, 1.165) is 18.9 Å². The fraction of sp³-hybridized carbons (Fsp3) is 0.389. The second-order valence-corrected chi connectivity index (χ2v) is 6.09. The van der Waals surface area contributed by atoms with Crippen LogP contribution in [-0.4, -0.2) is 28.6 Å². The number of piperidine rings is 1. The summed E-state index contributed by atoms with van der Waals surface area (Å²) >= 11 is 0. The summed E-state index contributed by atoms with van der Waals surface area (Å²) in [6.45, 7) is 0.397. The lowest BCUT2D eigenvalue weighted by atomic mass is 9.92. The standard InChI is InChI=1S/C18H18F3NO3/c19-18(20,21)13-7-2-1-6-12(13)16(15-9-5-11-25-15)22-10-4-3-8-14(22)17(23)24/h1-2,5-7,9,11,14,16H,3-4,8,10H2,(H,23,24). The Bertz CT molecular complexity index is 727. The fourth-order valence-electron chi connectivity index (χ4n) is 3.46. The number of carboxylic acids is 1. The summed E-state index contributed by atoms with van der Waals surface area (Å²) < 4.78 is 45.9. The van der Waals surface area contributed by atoms with Gasteiger partial charge in [-0.15, -0.1) is 0 Å². The van der Waals surface area contributed by atoms with Crippen LogP contribution in [0.25, 0.3) is 0 Å². The summed E-state index contributed by atoms with van der Waals surface area (Å²) in [5.41, 5.74) is -0.760. The number of hydrogen-bond acceptors (Lipinski definition) is 3. The van der Waals surface area contributed by atoms with Crippen molar-refractivity contribution in [3.8, 4) is 0 Å². The average molecular weight is 353 g/mol. The minimum Gasteiger partial charge on any atom is -0.480 e.